The van der Waals surface area contributed by atoms with Crippen LogP contribution in [0, 0.1) is 5.92 Å². The number of carbonyl (C=O) groups is 1. The van der Waals surface area contributed by atoms with Crippen LogP contribution in [0.25, 0.3) is 0 Å². The van der Waals surface area contributed by atoms with Crippen molar-refractivity contribution >= 4 is 22.7 Å². The molecule has 6 heteroatoms. The summed E-state index contributed by atoms with van der Waals surface area (Å²) in [6.45, 7) is 5.13. The van der Waals surface area contributed by atoms with Gasteiger partial charge in [-0.15, -0.1) is 0 Å². The summed E-state index contributed by atoms with van der Waals surface area (Å²) in [5, 5.41) is 11.9. The maximum absolute atomic E-state index is 11.9. The van der Waals surface area contributed by atoms with Crippen LogP contribution in [0.4, 0.5) is 0 Å². The summed E-state index contributed by atoms with van der Waals surface area (Å²) in [5.74, 6) is 0.145. The van der Waals surface area contributed by atoms with E-state index in [9.17, 15) is 9.90 Å². The van der Waals surface area contributed by atoms with Crippen LogP contribution in [-0.4, -0.2) is 53.4 Å². The Morgan fingerprint density at radius 2 is 2.10 bits per heavy atom. The molecule has 1 unspecified atom stereocenters. The van der Waals surface area contributed by atoms with Gasteiger partial charge in [-0.2, -0.15) is 0 Å². The van der Waals surface area contributed by atoms with Crippen LogP contribution in [-0.2, 0) is 19.0 Å². The number of ether oxygens (including phenoxy) is 3. The molecular weight excluding hydrogens is 292 g/mol. The molecule has 2 rings (SSSR count). The van der Waals surface area contributed by atoms with E-state index in [1.54, 1.807) is 0 Å². The molecule has 0 bridgehead atoms. The van der Waals surface area contributed by atoms with Gasteiger partial charge < -0.3 is 19.3 Å². The van der Waals surface area contributed by atoms with Gasteiger partial charge >= 0.3 is 5.97 Å². The van der Waals surface area contributed by atoms with E-state index >= 15 is 0 Å². The zero-order valence-electron chi connectivity index (χ0n) is 12.8. The van der Waals surface area contributed by atoms with E-state index in [4.69, 9.17) is 14.2 Å². The molecule has 0 spiro atoms. The average Bonchev–Trinajstić information content (AvgIpc) is 2.95. The second kappa shape index (κ2) is 7.72. The lowest BCUT2D eigenvalue weighted by molar-refractivity contribution is -0.213. The Morgan fingerprint density at radius 1 is 1.38 bits per heavy atom. The van der Waals surface area contributed by atoms with Gasteiger partial charge in [0.15, 0.2) is 11.9 Å². The Bertz CT molecular complexity index is 380. The molecule has 0 aromatic rings. The van der Waals surface area contributed by atoms with Gasteiger partial charge in [0.1, 0.15) is 0 Å². The molecule has 122 valence electrons. The van der Waals surface area contributed by atoms with Crippen molar-refractivity contribution in [3.63, 3.8) is 0 Å². The van der Waals surface area contributed by atoms with Crippen LogP contribution in [0.3, 0.4) is 0 Å². The zero-order valence-corrected chi connectivity index (χ0v) is 13.7. The maximum Gasteiger partial charge on any atom is 0.336 e. The van der Waals surface area contributed by atoms with Crippen LogP contribution in [0.15, 0.2) is 0 Å². The normalized spacial score (nSPS) is 35.0. The topological polar surface area (TPSA) is 65.0 Å². The Hall–Kier alpha value is -0.430. The van der Waals surface area contributed by atoms with Gasteiger partial charge in [0.05, 0.1) is 19.3 Å². The lowest BCUT2D eigenvalue weighted by Gasteiger charge is -2.43. The van der Waals surface area contributed by atoms with Crippen LogP contribution in [0.1, 0.15) is 39.5 Å². The molecule has 5 nitrogen and oxygen atoms in total. The molecule has 2 saturated heterocycles. The molecule has 0 radical (unpaired) electrons. The standard InChI is InChI=1S/C15H26O5S/c1-3-21-9-6-12-5-4-11(2)15(20-12,14(16)17)10-13-18-7-8-19-13/h9,11-13,21H,3-8,10H2,1-2H3,(H,16,17)/t11-,12?,15+/m0/s1. The second-order valence-corrected chi connectivity index (χ2v) is 7.07. The minimum absolute atomic E-state index is 0.0160. The Balaban J connectivity index is 2.07. The minimum atomic E-state index is -1.19. The van der Waals surface area contributed by atoms with E-state index in [2.05, 4.69) is 12.3 Å². The van der Waals surface area contributed by atoms with Crippen LogP contribution >= 0.6 is 11.4 Å². The highest BCUT2D eigenvalue weighted by atomic mass is 32.1. The predicted octanol–water partition coefficient (Wildman–Crippen LogP) is 2.07. The highest BCUT2D eigenvalue weighted by molar-refractivity contribution is 7.97. The minimum Gasteiger partial charge on any atom is -0.479 e. The van der Waals surface area contributed by atoms with E-state index in [1.165, 1.54) is 11.4 Å². The molecular formula is C15H26O5S. The van der Waals surface area contributed by atoms with Gasteiger partial charge in [0.25, 0.3) is 0 Å². The highest BCUT2D eigenvalue weighted by Gasteiger charge is 2.51. The average molecular weight is 318 g/mol. The lowest BCUT2D eigenvalue weighted by atomic mass is 9.78. The van der Waals surface area contributed by atoms with E-state index in [-0.39, 0.29) is 18.4 Å². The van der Waals surface area contributed by atoms with Gasteiger partial charge in [-0.1, -0.05) is 19.2 Å². The third kappa shape index (κ3) is 4.06. The molecule has 0 amide bonds. The Labute approximate surface area is 129 Å². The van der Waals surface area contributed by atoms with Gasteiger partial charge in [-0.05, 0) is 30.9 Å². The van der Waals surface area contributed by atoms with Crippen molar-refractivity contribution in [2.24, 2.45) is 5.92 Å². The van der Waals surface area contributed by atoms with Crippen LogP contribution in [0.2, 0.25) is 0 Å². The third-order valence-electron chi connectivity index (χ3n) is 4.30. The van der Waals surface area contributed by atoms with Crippen molar-refractivity contribution in [3.8, 4) is 0 Å². The molecule has 2 heterocycles. The van der Waals surface area contributed by atoms with Crippen molar-refractivity contribution in [2.75, 3.05) is 19.0 Å². The monoisotopic (exact) mass is 318 g/mol. The van der Waals surface area contributed by atoms with E-state index in [0.29, 0.717) is 13.2 Å². The molecule has 2 fully saturated rings. The largest absolute Gasteiger partial charge is 0.479 e. The molecule has 3 atom stereocenters. The lowest BCUT2D eigenvalue weighted by Crippen LogP contribution is -2.54. The van der Waals surface area contributed by atoms with Crippen molar-refractivity contribution in [1.82, 2.24) is 0 Å². The number of rotatable bonds is 6. The second-order valence-electron chi connectivity index (χ2n) is 5.71. The first-order valence-corrected chi connectivity index (χ1v) is 8.86. The summed E-state index contributed by atoms with van der Waals surface area (Å²) < 4.78 is 16.9. The third-order valence-corrected chi connectivity index (χ3v) is 5.13. The highest BCUT2D eigenvalue weighted by Crippen LogP contribution is 2.39. The van der Waals surface area contributed by atoms with Crippen molar-refractivity contribution in [1.29, 1.82) is 0 Å². The molecule has 2 aliphatic rings. The first kappa shape index (κ1) is 16.9. The van der Waals surface area contributed by atoms with Crippen molar-refractivity contribution in [3.05, 3.63) is 0 Å². The SMILES string of the molecule is CC[SH]=CCC1CC[C@H](C)[C@](CC2OCCO2)(C(=O)O)O1. The van der Waals surface area contributed by atoms with Gasteiger partial charge in [0, 0.05) is 6.42 Å². The summed E-state index contributed by atoms with van der Waals surface area (Å²) in [5.41, 5.74) is -1.19. The smallest absolute Gasteiger partial charge is 0.336 e. The number of aliphatic carboxylic acids is 1. The first-order valence-electron chi connectivity index (χ1n) is 7.71. The zero-order chi connectivity index (χ0) is 15.3. The molecule has 1 N–H and O–H groups in total. The summed E-state index contributed by atoms with van der Waals surface area (Å²) in [4.78, 5) is 11.9. The fourth-order valence-corrected chi connectivity index (χ4v) is 3.64. The molecule has 0 aromatic heterocycles. The molecule has 21 heavy (non-hydrogen) atoms. The number of carboxylic acid groups (broad SMARTS) is 1. The molecule has 0 aromatic carbocycles. The van der Waals surface area contributed by atoms with Crippen LogP contribution in [0.5, 0.6) is 0 Å². The van der Waals surface area contributed by atoms with E-state index < -0.39 is 17.9 Å². The summed E-state index contributed by atoms with van der Waals surface area (Å²) in [6, 6.07) is 0. The summed E-state index contributed by atoms with van der Waals surface area (Å²) in [6.07, 6.45) is 2.38. The van der Waals surface area contributed by atoms with E-state index in [1.807, 2.05) is 6.92 Å². The predicted molar refractivity (Wildman–Crippen MR) is 84.2 cm³/mol. The fourth-order valence-electron chi connectivity index (χ4n) is 3.00. The summed E-state index contributed by atoms with van der Waals surface area (Å²) in [7, 11) is 0. The quantitative estimate of drug-likeness (QED) is 0.580. The maximum atomic E-state index is 11.9. The molecule has 0 aliphatic carbocycles. The Kier molecular flexibility index (Phi) is 6.22. The number of hydrogen-bond donors (Lipinski definition) is 2. The summed E-state index contributed by atoms with van der Waals surface area (Å²) >= 11 is 1.28. The van der Waals surface area contributed by atoms with Gasteiger partial charge in [-0.25, -0.2) is 16.1 Å². The van der Waals surface area contributed by atoms with Crippen molar-refractivity contribution < 1.29 is 24.1 Å². The first-order chi connectivity index (χ1) is 10.1. The number of thiol groups is 1. The molecule has 0 saturated carbocycles. The fraction of sp³-hybridized carbons (Fsp3) is 0.867. The Morgan fingerprint density at radius 3 is 2.71 bits per heavy atom. The number of hydrogen-bond acceptors (Lipinski definition) is 4. The molecule has 2 aliphatic heterocycles. The van der Waals surface area contributed by atoms with E-state index in [0.717, 1.165) is 25.0 Å². The van der Waals surface area contributed by atoms with Gasteiger partial charge in [0.2, 0.25) is 0 Å². The van der Waals surface area contributed by atoms with Crippen molar-refractivity contribution in [2.45, 2.75) is 57.5 Å². The number of carboxylic acids is 1. The van der Waals surface area contributed by atoms with Crippen LogP contribution < -0.4 is 0 Å². The van der Waals surface area contributed by atoms with Gasteiger partial charge in [-0.3, -0.25) is 0 Å².